The molecule has 0 saturated carbocycles. The highest BCUT2D eigenvalue weighted by Gasteiger charge is 2.38. The zero-order valence-corrected chi connectivity index (χ0v) is 15.7. The Bertz CT molecular complexity index is 728. The molecule has 0 amide bonds. The first kappa shape index (κ1) is 19.2. The average molecular weight is 371 g/mol. The number of ether oxygens (including phenoxy) is 1. The monoisotopic (exact) mass is 371 g/mol. The summed E-state index contributed by atoms with van der Waals surface area (Å²) in [7, 11) is 1.67. The number of hydrogen-bond donors (Lipinski definition) is 2. The van der Waals surface area contributed by atoms with Crippen LogP contribution in [0, 0.1) is 16.7 Å². The quantitative estimate of drug-likeness (QED) is 0.627. The van der Waals surface area contributed by atoms with Crippen LogP contribution in [0.3, 0.4) is 0 Å². The Kier molecular flexibility index (Phi) is 5.97. The van der Waals surface area contributed by atoms with Gasteiger partial charge in [-0.3, -0.25) is 5.41 Å². The fourth-order valence-corrected chi connectivity index (χ4v) is 3.78. The lowest BCUT2D eigenvalue weighted by Gasteiger charge is -2.39. The van der Waals surface area contributed by atoms with Crippen molar-refractivity contribution in [1.29, 1.82) is 10.7 Å². The van der Waals surface area contributed by atoms with Crippen LogP contribution in [0.4, 0.5) is 4.39 Å². The number of morpholine rings is 1. The summed E-state index contributed by atoms with van der Waals surface area (Å²) in [6, 6.07) is 12.2. The molecule has 2 heterocycles. The predicted octanol–water partition coefficient (Wildman–Crippen LogP) is 2.21. The number of benzene rings is 1. The first-order valence-electron chi connectivity index (χ1n) is 9.32. The number of halogens is 1. The summed E-state index contributed by atoms with van der Waals surface area (Å²) in [6.07, 6.45) is 1.16. The molecule has 1 aromatic rings. The van der Waals surface area contributed by atoms with Crippen LogP contribution in [0.5, 0.6) is 0 Å². The van der Waals surface area contributed by atoms with Crippen molar-refractivity contribution in [3.8, 4) is 6.07 Å². The van der Waals surface area contributed by atoms with E-state index in [4.69, 9.17) is 10.1 Å². The molecule has 0 radical (unpaired) electrons. The van der Waals surface area contributed by atoms with Gasteiger partial charge in [0, 0.05) is 33.2 Å². The summed E-state index contributed by atoms with van der Waals surface area (Å²) in [5.41, 5.74) is 0.438. The highest BCUT2D eigenvalue weighted by molar-refractivity contribution is 5.94. The topological polar surface area (TPSA) is 75.4 Å². The smallest absolute Gasteiger partial charge is 0.204 e. The Balaban J connectivity index is 1.72. The summed E-state index contributed by atoms with van der Waals surface area (Å²) in [5, 5.41) is 21.0. The van der Waals surface area contributed by atoms with Gasteiger partial charge in [-0.15, -0.1) is 0 Å². The van der Waals surface area contributed by atoms with Crippen LogP contribution in [0.1, 0.15) is 18.4 Å². The summed E-state index contributed by atoms with van der Waals surface area (Å²) in [6.45, 7) is 3.27. The van der Waals surface area contributed by atoms with Gasteiger partial charge in [-0.2, -0.15) is 9.65 Å². The summed E-state index contributed by atoms with van der Waals surface area (Å²) in [5.74, 6) is -0.336. The van der Waals surface area contributed by atoms with Crippen molar-refractivity contribution in [3.63, 3.8) is 0 Å². The Morgan fingerprint density at radius 1 is 1.15 bits per heavy atom. The Hall–Kier alpha value is -2.59. The number of rotatable bonds is 4. The van der Waals surface area contributed by atoms with Crippen molar-refractivity contribution in [1.82, 2.24) is 15.1 Å². The van der Waals surface area contributed by atoms with E-state index in [1.807, 2.05) is 35.2 Å². The molecule has 6 nitrogen and oxygen atoms in total. The summed E-state index contributed by atoms with van der Waals surface area (Å²) >= 11 is 0. The first-order valence-corrected chi connectivity index (χ1v) is 9.32. The second-order valence-electron chi connectivity index (χ2n) is 6.91. The van der Waals surface area contributed by atoms with E-state index in [1.165, 1.54) is 0 Å². The number of nitrogens with zero attached hydrogens (tertiary/aromatic N) is 3. The van der Waals surface area contributed by atoms with E-state index in [0.29, 0.717) is 58.1 Å². The maximum absolute atomic E-state index is 15.0. The van der Waals surface area contributed by atoms with Crippen LogP contribution in [-0.4, -0.2) is 62.1 Å². The van der Waals surface area contributed by atoms with Crippen molar-refractivity contribution >= 4 is 5.84 Å². The highest BCUT2D eigenvalue weighted by atomic mass is 19.1. The number of nitriles is 1. The summed E-state index contributed by atoms with van der Waals surface area (Å²) in [4.78, 5) is 3.60. The molecule has 2 aliphatic heterocycles. The third-order valence-corrected chi connectivity index (χ3v) is 5.45. The minimum absolute atomic E-state index is 0.120. The van der Waals surface area contributed by atoms with E-state index in [-0.39, 0.29) is 5.84 Å². The van der Waals surface area contributed by atoms with Crippen LogP contribution in [-0.2, 0) is 10.2 Å². The molecule has 0 unspecified atom stereocenters. The molecule has 0 spiro atoms. The largest absolute Gasteiger partial charge is 0.378 e. The van der Waals surface area contributed by atoms with E-state index in [0.717, 1.165) is 5.56 Å². The van der Waals surface area contributed by atoms with E-state index < -0.39 is 11.2 Å². The first-order chi connectivity index (χ1) is 13.1. The molecule has 2 aliphatic rings. The van der Waals surface area contributed by atoms with Crippen LogP contribution in [0.15, 0.2) is 42.0 Å². The molecule has 0 atom stereocenters. The van der Waals surface area contributed by atoms with E-state index >= 15 is 4.39 Å². The molecule has 0 aliphatic carbocycles. The van der Waals surface area contributed by atoms with Gasteiger partial charge in [0.05, 0.1) is 24.7 Å². The van der Waals surface area contributed by atoms with E-state index in [2.05, 4.69) is 11.4 Å². The second kappa shape index (κ2) is 8.40. The van der Waals surface area contributed by atoms with Gasteiger partial charge in [-0.05, 0) is 18.4 Å². The van der Waals surface area contributed by atoms with Gasteiger partial charge >= 0.3 is 0 Å². The van der Waals surface area contributed by atoms with Crippen molar-refractivity contribution < 1.29 is 9.13 Å². The molecule has 2 saturated heterocycles. The van der Waals surface area contributed by atoms with E-state index in [1.54, 1.807) is 11.9 Å². The molecule has 27 heavy (non-hydrogen) atoms. The van der Waals surface area contributed by atoms with Gasteiger partial charge in [-0.1, -0.05) is 30.3 Å². The molecule has 2 fully saturated rings. The summed E-state index contributed by atoms with van der Waals surface area (Å²) < 4.78 is 20.4. The van der Waals surface area contributed by atoms with Crippen LogP contribution in [0.25, 0.3) is 0 Å². The zero-order valence-electron chi connectivity index (χ0n) is 15.7. The molecule has 7 heteroatoms. The third-order valence-electron chi connectivity index (χ3n) is 5.45. The maximum Gasteiger partial charge on any atom is 0.204 e. The molecule has 3 rings (SSSR count). The van der Waals surface area contributed by atoms with Gasteiger partial charge in [0.2, 0.25) is 5.83 Å². The minimum atomic E-state index is -0.561. The number of piperidine rings is 1. The third kappa shape index (κ3) is 3.91. The fraction of sp³-hybridized carbons (Fsp3) is 0.500. The van der Waals surface area contributed by atoms with Crippen molar-refractivity contribution in [2.45, 2.75) is 18.3 Å². The van der Waals surface area contributed by atoms with Gasteiger partial charge in [0.25, 0.3) is 0 Å². The van der Waals surface area contributed by atoms with Gasteiger partial charge < -0.3 is 19.9 Å². The molecular weight excluding hydrogens is 345 g/mol. The van der Waals surface area contributed by atoms with E-state index in [9.17, 15) is 5.26 Å². The van der Waals surface area contributed by atoms with Gasteiger partial charge in [-0.25, -0.2) is 0 Å². The van der Waals surface area contributed by atoms with Gasteiger partial charge in [0.1, 0.15) is 5.82 Å². The fourth-order valence-electron chi connectivity index (χ4n) is 3.78. The molecule has 0 aromatic heterocycles. The normalized spacial score (nSPS) is 20.5. The molecular formula is C20H26FN5O. The predicted molar refractivity (Wildman–Crippen MR) is 102 cm³/mol. The van der Waals surface area contributed by atoms with Gasteiger partial charge in [0.15, 0.2) is 5.84 Å². The Labute approximate surface area is 159 Å². The number of nitrogens with one attached hydrogen (secondary N) is 2. The minimum Gasteiger partial charge on any atom is -0.378 e. The average Bonchev–Trinajstić information content (AvgIpc) is 2.75. The lowest BCUT2D eigenvalue weighted by molar-refractivity contribution is 0.0496. The lowest BCUT2D eigenvalue weighted by Crippen LogP contribution is -2.46. The zero-order chi connectivity index (χ0) is 19.3. The molecule has 2 N–H and O–H groups in total. The Morgan fingerprint density at radius 2 is 1.78 bits per heavy atom. The van der Waals surface area contributed by atoms with Crippen molar-refractivity contribution in [2.75, 3.05) is 46.4 Å². The SMILES string of the molecule is CN/C(=C(/F)C(=N)N1CCC(C#N)(c2ccccc2)CC1)N1CCOCC1. The standard InChI is InChI=1S/C20H26FN5O/c1-24-19(26-11-13-27-14-12-26)17(21)18(23)25-9-7-20(15-22,8-10-25)16-5-3-2-4-6-16/h2-6,23-24H,7-14H2,1H3/b19-17-,23-18?. The molecule has 144 valence electrons. The number of hydrogen-bond acceptors (Lipinski definition) is 5. The highest BCUT2D eigenvalue weighted by Crippen LogP contribution is 2.35. The second-order valence-corrected chi connectivity index (χ2v) is 6.91. The molecule has 1 aromatic carbocycles. The molecule has 0 bridgehead atoms. The van der Waals surface area contributed by atoms with Crippen molar-refractivity contribution in [3.05, 3.63) is 47.5 Å². The lowest BCUT2D eigenvalue weighted by atomic mass is 9.74. The van der Waals surface area contributed by atoms with Crippen LogP contribution >= 0.6 is 0 Å². The maximum atomic E-state index is 15.0. The Morgan fingerprint density at radius 3 is 2.33 bits per heavy atom. The number of amidine groups is 1. The van der Waals surface area contributed by atoms with Crippen LogP contribution < -0.4 is 5.32 Å². The van der Waals surface area contributed by atoms with Crippen LogP contribution in [0.2, 0.25) is 0 Å². The number of likely N-dealkylation sites (tertiary alicyclic amines) is 1. The van der Waals surface area contributed by atoms with Crippen molar-refractivity contribution in [2.24, 2.45) is 0 Å².